The zero-order valence-corrected chi connectivity index (χ0v) is 64.9. The largest absolute Gasteiger partial charge is 0.508 e. The molecule has 6 aromatic carbocycles. The van der Waals surface area contributed by atoms with Crippen molar-refractivity contribution in [3.05, 3.63) is 141 Å². The SMILES string of the molecule is CCCCOc1ccc(S(=O)(=O)NC(=O)C[C@@H]2NC(=O)[C@H](NC(=O)[C@@H](CC(C)C)NC)[C@H](O)c3ccc(c(Cl)c3)Oc3cc4cc(c3O[C@@H]3O[C@H](CN)[C@@H](O)[C@H](O)[C@H]3O)Oc3ccc(cc3Cl)[C@@H](O)[C@@H]3NC(=O)[C@H](NC(=O)[C@@H]4NC2=O)c2ccc(O)c(c2)-c2c(O)cc(O)cc2[C@@H](C(=O)NC2C4CC5CC(C4)CC2C5)NC3=O)cc1. The number of likely N-dealkylation sites (N-methyl/N-ethyl adjacent to an activating group) is 1. The quantitative estimate of drug-likeness (QED) is 0.0543. The van der Waals surface area contributed by atoms with Gasteiger partial charge in [-0.3, -0.25) is 38.4 Å². The third-order valence-corrected chi connectivity index (χ3v) is 24.1. The third kappa shape index (κ3) is 17.7. The summed E-state index contributed by atoms with van der Waals surface area (Å²) in [5.74, 6) is -13.7. The molecule has 5 fully saturated rings. The van der Waals surface area contributed by atoms with Crippen LogP contribution in [-0.2, 0) is 53.1 Å². The average Bonchev–Trinajstić information content (AvgIpc) is 0.924. The second kappa shape index (κ2) is 34.4. The van der Waals surface area contributed by atoms with Gasteiger partial charge in [0.2, 0.25) is 59.3 Å². The molecule has 4 aliphatic carbocycles. The van der Waals surface area contributed by atoms with E-state index in [4.69, 9.17) is 52.6 Å². The van der Waals surface area contributed by atoms with E-state index in [1.54, 1.807) is 0 Å². The molecule has 6 aliphatic heterocycles. The lowest BCUT2D eigenvalue weighted by Crippen LogP contribution is -2.60. The lowest BCUT2D eigenvalue weighted by molar-refractivity contribution is -0.270. The van der Waals surface area contributed by atoms with Crippen LogP contribution in [0.1, 0.15) is 137 Å². The monoisotopic (exact) mass is 1650 g/mol. The highest BCUT2D eigenvalue weighted by Gasteiger charge is 2.51. The standard InChI is InChI=1S/C79H90Cl2N10O23S/c1-5-6-17-110-43-10-12-44(13-11-43)115(108,109)91-58(95)31-50-73(102)86-62-41-27-55(111-53-15-8-37(25-47(53)80)66(96)64(77(106)84-50)89-72(101)49(83-4)18-33(2)3)71(114-79-70(100)69(99)68(98)57(32-82)113-79)56(28-41)112-54-16-9-38(26-48(54)81)67(97)65-78(107)88-63(76(105)85-60-39-20-34-19-35(22-39)23-40(60)21-34)46-29-42(92)30-52(94)59(46)45-24-36(7-14-51(45)93)61(74(103)90-65)87-75(62)104/h7-16,24-30,33-35,39-40,49-50,57,60-70,79,83,92-94,96-100H,5-6,17-23,31-32,82H2,1-4H3,(H,84,106)(H,85,105)(H,86,102)(H,87,104)(H,88,107)(H,89,101)(H,90,103)(H,91,95)/t34?,35?,39?,40?,49-,50+,57-,60?,61-,62-,63+,64-,65+,66-,67-,68-,69+,70-,79+/m1/s1. The molecule has 115 heavy (non-hydrogen) atoms. The molecule has 33 nitrogen and oxygen atoms in total. The molecule has 14 atom stereocenters. The van der Waals surface area contributed by atoms with E-state index in [9.17, 15) is 58.9 Å². The van der Waals surface area contributed by atoms with Gasteiger partial charge in [-0.1, -0.05) is 68.6 Å². The molecule has 1 saturated heterocycles. The number of phenols is 3. The molecule has 16 rings (SSSR count). The third-order valence-electron chi connectivity index (χ3n) is 22.1. The second-order valence-electron chi connectivity index (χ2n) is 30.6. The number of amides is 8. The van der Waals surface area contributed by atoms with Crippen LogP contribution in [0.4, 0.5) is 0 Å². The summed E-state index contributed by atoms with van der Waals surface area (Å²) in [6, 6.07) is 4.48. The number of aromatic hydroxyl groups is 3. The molecule has 6 aromatic rings. The van der Waals surface area contributed by atoms with E-state index in [-0.39, 0.29) is 85.9 Å². The maximum atomic E-state index is 16.4. The van der Waals surface area contributed by atoms with Crippen molar-refractivity contribution < 1.29 is 111 Å². The highest BCUT2D eigenvalue weighted by atomic mass is 35.5. The molecule has 0 aromatic heterocycles. The molecule has 4 saturated carbocycles. The summed E-state index contributed by atoms with van der Waals surface area (Å²) in [5, 5.41) is 115. The smallest absolute Gasteiger partial charge is 0.264 e. The summed E-state index contributed by atoms with van der Waals surface area (Å²) >= 11 is 14.3. The molecule has 0 spiro atoms. The Labute approximate surface area is 669 Å². The highest BCUT2D eigenvalue weighted by molar-refractivity contribution is 7.90. The van der Waals surface area contributed by atoms with Crippen LogP contribution in [0.5, 0.6) is 51.7 Å². The summed E-state index contributed by atoms with van der Waals surface area (Å²) < 4.78 is 61.5. The number of sulfonamides is 1. The Morgan fingerprint density at radius 2 is 1.25 bits per heavy atom. The molecule has 36 heteroatoms. The number of nitrogens with one attached hydrogen (secondary N) is 9. The zero-order valence-electron chi connectivity index (χ0n) is 62.6. The first-order valence-corrected chi connectivity index (χ1v) is 40.0. The number of fused-ring (bicyclic) bond motifs is 15. The molecule has 0 unspecified atom stereocenters. The molecular formula is C79H90Cl2N10O23S. The van der Waals surface area contributed by atoms with Crippen LogP contribution in [0.25, 0.3) is 11.1 Å². The maximum Gasteiger partial charge on any atom is 0.264 e. The van der Waals surface area contributed by atoms with Gasteiger partial charge in [-0.2, -0.15) is 0 Å². The minimum absolute atomic E-state index is 0.0621. The second-order valence-corrected chi connectivity index (χ2v) is 33.1. The number of hydrogen-bond acceptors (Lipinski definition) is 25. The van der Waals surface area contributed by atoms with Crippen LogP contribution in [0, 0.1) is 29.6 Å². The Kier molecular flexibility index (Phi) is 24.8. The Balaban J connectivity index is 1.000. The van der Waals surface area contributed by atoms with Crippen molar-refractivity contribution >= 4 is 80.5 Å². The number of unbranched alkanes of at least 4 members (excludes halogenated alkanes) is 1. The molecule has 8 amide bonds. The van der Waals surface area contributed by atoms with Crippen LogP contribution < -0.4 is 71.9 Å². The number of aliphatic hydroxyl groups is 5. The van der Waals surface area contributed by atoms with Crippen molar-refractivity contribution in [2.45, 2.75) is 175 Å². The van der Waals surface area contributed by atoms with Crippen molar-refractivity contribution in [3.8, 4) is 62.9 Å². The first-order valence-electron chi connectivity index (χ1n) is 37.8. The van der Waals surface area contributed by atoms with Gasteiger partial charge in [-0.25, -0.2) is 13.1 Å². The molecule has 0 radical (unpaired) electrons. The number of nitrogens with two attached hydrogens (primary N) is 1. The first-order chi connectivity index (χ1) is 54.8. The molecule has 10 aliphatic rings. The van der Waals surface area contributed by atoms with Crippen molar-refractivity contribution in [2.24, 2.45) is 35.3 Å². The Morgan fingerprint density at radius 1 is 0.643 bits per heavy atom. The molecule has 19 N–H and O–H groups in total. The van der Waals surface area contributed by atoms with Crippen molar-refractivity contribution in [3.63, 3.8) is 0 Å². The van der Waals surface area contributed by atoms with Crippen LogP contribution in [-0.4, -0.2) is 178 Å². The number of phenolic OH excluding ortho intramolecular Hbond substituents is 3. The number of halogens is 2. The lowest BCUT2D eigenvalue weighted by Gasteiger charge is -2.54. The number of ether oxygens (including phenoxy) is 5. The van der Waals surface area contributed by atoms with E-state index in [0.29, 0.717) is 24.9 Å². The van der Waals surface area contributed by atoms with Gasteiger partial charge in [0.15, 0.2) is 11.5 Å². The van der Waals surface area contributed by atoms with Crippen LogP contribution >= 0.6 is 23.2 Å². The van der Waals surface area contributed by atoms with Crippen molar-refractivity contribution in [1.82, 2.24) is 47.3 Å². The van der Waals surface area contributed by atoms with E-state index >= 15 is 28.8 Å². The molecule has 6 heterocycles. The van der Waals surface area contributed by atoms with Gasteiger partial charge in [0.1, 0.15) is 107 Å². The van der Waals surface area contributed by atoms with Crippen molar-refractivity contribution in [2.75, 3.05) is 20.2 Å². The van der Waals surface area contributed by atoms with Gasteiger partial charge in [-0.15, -0.1) is 0 Å². The average molecular weight is 1650 g/mol. The summed E-state index contributed by atoms with van der Waals surface area (Å²) in [4.78, 5) is 123. The van der Waals surface area contributed by atoms with Gasteiger partial charge < -0.3 is 113 Å². The summed E-state index contributed by atoms with van der Waals surface area (Å²) in [7, 11) is -3.42. The minimum atomic E-state index is -4.88. The number of carbonyl (C=O) groups excluding carboxylic acids is 8. The number of benzene rings is 6. The first kappa shape index (κ1) is 82.9. The fourth-order valence-corrected chi connectivity index (χ4v) is 17.9. The number of hydrogen-bond donors (Lipinski definition) is 18. The van der Waals surface area contributed by atoms with Gasteiger partial charge in [0.25, 0.3) is 10.0 Å². The van der Waals surface area contributed by atoms with Gasteiger partial charge in [0.05, 0.1) is 34.0 Å². The predicted octanol–water partition coefficient (Wildman–Crippen LogP) is 3.89. The lowest BCUT2D eigenvalue weighted by atomic mass is 9.54. The maximum absolute atomic E-state index is 16.4. The summed E-state index contributed by atoms with van der Waals surface area (Å²) in [5.41, 5.74) is 3.69. The van der Waals surface area contributed by atoms with E-state index in [2.05, 4.69) is 42.5 Å². The summed E-state index contributed by atoms with van der Waals surface area (Å²) in [6.45, 7) is 5.38. The molecule has 15 bridgehead atoms. The van der Waals surface area contributed by atoms with Crippen LogP contribution in [0.2, 0.25) is 10.0 Å². The molecule has 614 valence electrons. The number of aliphatic hydroxyl groups excluding tert-OH is 5. The van der Waals surface area contributed by atoms with Crippen molar-refractivity contribution in [1.29, 1.82) is 0 Å². The fraction of sp³-hybridized carbons (Fsp3) is 0.443. The fourth-order valence-electron chi connectivity index (χ4n) is 16.5. The van der Waals surface area contributed by atoms with Gasteiger partial charge in [0, 0.05) is 29.8 Å². The van der Waals surface area contributed by atoms with Crippen LogP contribution in [0.3, 0.4) is 0 Å². The van der Waals surface area contributed by atoms with Gasteiger partial charge >= 0.3 is 0 Å². The minimum Gasteiger partial charge on any atom is -0.508 e. The zero-order chi connectivity index (χ0) is 82.3. The highest BCUT2D eigenvalue weighted by Crippen LogP contribution is 2.55. The van der Waals surface area contributed by atoms with E-state index in [1.807, 2.05) is 25.5 Å². The Hall–Kier alpha value is -10.1. The Morgan fingerprint density at radius 3 is 1.86 bits per heavy atom. The normalized spacial score (nSPS) is 28.1. The topological polar surface area (TPSA) is 513 Å². The van der Waals surface area contributed by atoms with Gasteiger partial charge in [-0.05, 0) is 188 Å². The Bertz CT molecular complexity index is 4860. The van der Waals surface area contributed by atoms with Crippen LogP contribution in [0.15, 0.2) is 108 Å². The van der Waals surface area contributed by atoms with E-state index in [0.717, 1.165) is 105 Å². The predicted molar refractivity (Wildman–Crippen MR) is 409 cm³/mol. The van der Waals surface area contributed by atoms with E-state index in [1.165, 1.54) is 43.4 Å². The number of carbonyl (C=O) groups is 8. The number of rotatable bonds is 18. The molecular weight excluding hydrogens is 1560 g/mol. The summed E-state index contributed by atoms with van der Waals surface area (Å²) in [6.07, 6.45) is -9.08. The van der Waals surface area contributed by atoms with E-state index < -0.39 is 205 Å².